The number of nitro benzene ring substituents is 1. The number of methoxy groups -OCH3 is 1. The molecule has 4 rings (SSSR count). The molecular formula is C26H25N5O5. The minimum Gasteiger partial charge on any atom is -0.497 e. The average molecular weight is 488 g/mol. The summed E-state index contributed by atoms with van der Waals surface area (Å²) in [5.41, 5.74) is 2.17. The number of carbonyl (C=O) groups is 1. The average Bonchev–Trinajstić information content (AvgIpc) is 3.32. The molecule has 1 N–H and O–H groups in total. The van der Waals surface area contributed by atoms with E-state index in [9.17, 15) is 14.9 Å². The molecule has 0 spiro atoms. The molecule has 36 heavy (non-hydrogen) atoms. The Labute approximate surface area is 207 Å². The third-order valence-electron chi connectivity index (χ3n) is 5.15. The number of anilines is 1. The molecule has 3 aromatic carbocycles. The molecule has 1 aromatic heterocycles. The van der Waals surface area contributed by atoms with Crippen molar-refractivity contribution in [3.63, 3.8) is 0 Å². The van der Waals surface area contributed by atoms with Crippen LogP contribution in [0.25, 0.3) is 17.1 Å². The van der Waals surface area contributed by atoms with Crippen LogP contribution in [0.15, 0.2) is 72.8 Å². The van der Waals surface area contributed by atoms with E-state index in [-0.39, 0.29) is 11.7 Å². The van der Waals surface area contributed by atoms with Gasteiger partial charge in [-0.15, -0.1) is 5.10 Å². The standard InChI is InChI=1S/C26H25N5O5/c1-17(2)16-36-26-28-24(19-6-4-9-23(14-19)35-3)30(29-26)22-8-5-7-20(15-22)27-25(32)18-10-12-21(13-11-18)31(33)34/h4-15,17H,16H2,1-3H3,(H,27,32). The summed E-state index contributed by atoms with van der Waals surface area (Å²) < 4.78 is 12.8. The molecule has 4 aromatic rings. The molecule has 0 aliphatic heterocycles. The highest BCUT2D eigenvalue weighted by Gasteiger charge is 2.17. The van der Waals surface area contributed by atoms with E-state index in [4.69, 9.17) is 9.47 Å². The minimum atomic E-state index is -0.512. The first kappa shape index (κ1) is 24.4. The molecule has 0 saturated heterocycles. The third kappa shape index (κ3) is 5.66. The molecule has 0 radical (unpaired) electrons. The van der Waals surface area contributed by atoms with Crippen molar-refractivity contribution in [3.8, 4) is 28.8 Å². The van der Waals surface area contributed by atoms with Crippen molar-refractivity contribution >= 4 is 17.3 Å². The second kappa shape index (κ2) is 10.7. The SMILES string of the molecule is COc1cccc(-c2nc(OCC(C)C)nn2-c2cccc(NC(=O)c3ccc([N+](=O)[O-])cc3)c2)c1. The van der Waals surface area contributed by atoms with E-state index in [0.717, 1.165) is 5.56 Å². The molecular weight excluding hydrogens is 462 g/mol. The molecule has 0 unspecified atom stereocenters. The molecule has 10 heteroatoms. The minimum absolute atomic E-state index is 0.0831. The molecule has 0 fully saturated rings. The second-order valence-electron chi connectivity index (χ2n) is 8.38. The van der Waals surface area contributed by atoms with Crippen LogP contribution in [-0.4, -0.2) is 39.3 Å². The quantitative estimate of drug-likeness (QED) is 0.256. The van der Waals surface area contributed by atoms with Crippen LogP contribution in [0.3, 0.4) is 0 Å². The molecule has 0 aliphatic carbocycles. The lowest BCUT2D eigenvalue weighted by molar-refractivity contribution is -0.384. The largest absolute Gasteiger partial charge is 0.497 e. The number of benzene rings is 3. The molecule has 0 saturated carbocycles. The van der Waals surface area contributed by atoms with E-state index < -0.39 is 10.8 Å². The highest BCUT2D eigenvalue weighted by atomic mass is 16.6. The van der Waals surface area contributed by atoms with Crippen LogP contribution < -0.4 is 14.8 Å². The topological polar surface area (TPSA) is 121 Å². The Kier molecular flexibility index (Phi) is 7.24. The second-order valence-corrected chi connectivity index (χ2v) is 8.38. The van der Waals surface area contributed by atoms with Gasteiger partial charge in [-0.25, -0.2) is 4.68 Å². The summed E-state index contributed by atoms with van der Waals surface area (Å²) in [6.45, 7) is 4.54. The maximum Gasteiger partial charge on any atom is 0.336 e. The lowest BCUT2D eigenvalue weighted by Crippen LogP contribution is -2.12. The van der Waals surface area contributed by atoms with E-state index in [2.05, 4.69) is 15.4 Å². The van der Waals surface area contributed by atoms with E-state index >= 15 is 0 Å². The first-order chi connectivity index (χ1) is 17.3. The molecule has 10 nitrogen and oxygen atoms in total. The molecule has 1 amide bonds. The van der Waals surface area contributed by atoms with Crippen LogP contribution in [0, 0.1) is 16.0 Å². The monoisotopic (exact) mass is 487 g/mol. The summed E-state index contributed by atoms with van der Waals surface area (Å²) in [4.78, 5) is 27.7. The van der Waals surface area contributed by atoms with E-state index in [1.165, 1.54) is 24.3 Å². The van der Waals surface area contributed by atoms with Crippen LogP contribution >= 0.6 is 0 Å². The normalized spacial score (nSPS) is 10.8. The summed E-state index contributed by atoms with van der Waals surface area (Å²) in [6, 6.07) is 20.2. The Morgan fingerprint density at radius 3 is 2.53 bits per heavy atom. The van der Waals surface area contributed by atoms with Crippen molar-refractivity contribution in [2.24, 2.45) is 5.92 Å². The number of amides is 1. The first-order valence-corrected chi connectivity index (χ1v) is 11.2. The van der Waals surface area contributed by atoms with Crippen molar-refractivity contribution in [1.29, 1.82) is 0 Å². The number of ether oxygens (including phenoxy) is 2. The fourth-order valence-electron chi connectivity index (χ4n) is 3.38. The molecule has 1 heterocycles. The Bertz CT molecular complexity index is 1380. The van der Waals surface area contributed by atoms with Crippen LogP contribution in [-0.2, 0) is 0 Å². The predicted molar refractivity (Wildman–Crippen MR) is 135 cm³/mol. The smallest absolute Gasteiger partial charge is 0.336 e. The number of nitrogens with zero attached hydrogens (tertiary/aromatic N) is 4. The van der Waals surface area contributed by atoms with Crippen molar-refractivity contribution in [2.45, 2.75) is 13.8 Å². The number of nitrogens with one attached hydrogen (secondary N) is 1. The molecule has 0 bridgehead atoms. The number of carbonyl (C=O) groups excluding carboxylic acids is 1. The molecule has 184 valence electrons. The number of hydrogen-bond donors (Lipinski definition) is 1. The third-order valence-corrected chi connectivity index (χ3v) is 5.15. The fourth-order valence-corrected chi connectivity index (χ4v) is 3.38. The van der Waals surface area contributed by atoms with Gasteiger partial charge in [0.05, 0.1) is 24.3 Å². The summed E-state index contributed by atoms with van der Waals surface area (Å²) in [7, 11) is 1.60. The van der Waals surface area contributed by atoms with Gasteiger partial charge in [0.25, 0.3) is 11.6 Å². The van der Waals surface area contributed by atoms with Gasteiger partial charge < -0.3 is 14.8 Å². The fraction of sp³-hybridized carbons (Fsp3) is 0.192. The number of rotatable bonds is 9. The lowest BCUT2D eigenvalue weighted by atomic mass is 10.2. The maximum atomic E-state index is 12.7. The van der Waals surface area contributed by atoms with Gasteiger partial charge >= 0.3 is 6.01 Å². The van der Waals surface area contributed by atoms with E-state index in [0.29, 0.717) is 41.0 Å². The zero-order chi connectivity index (χ0) is 25.7. The number of hydrogen-bond acceptors (Lipinski definition) is 7. The van der Waals surface area contributed by atoms with Gasteiger partial charge in [0.15, 0.2) is 5.82 Å². The maximum absolute atomic E-state index is 12.7. The predicted octanol–water partition coefficient (Wildman–Crippen LogP) is 5.14. The summed E-state index contributed by atoms with van der Waals surface area (Å²) >= 11 is 0. The summed E-state index contributed by atoms with van der Waals surface area (Å²) in [6.07, 6.45) is 0. The number of aromatic nitrogens is 3. The van der Waals surface area contributed by atoms with Crippen LogP contribution in [0.1, 0.15) is 24.2 Å². The Hall–Kier alpha value is -4.73. The summed E-state index contributed by atoms with van der Waals surface area (Å²) in [5.74, 6) is 1.13. The van der Waals surface area contributed by atoms with Gasteiger partial charge in [0.1, 0.15) is 5.75 Å². The zero-order valence-electron chi connectivity index (χ0n) is 20.0. The summed E-state index contributed by atoms with van der Waals surface area (Å²) in [5, 5.41) is 18.2. The first-order valence-electron chi connectivity index (χ1n) is 11.2. The molecule has 0 atom stereocenters. The van der Waals surface area contributed by atoms with Crippen molar-refractivity contribution in [3.05, 3.63) is 88.5 Å². The van der Waals surface area contributed by atoms with Crippen molar-refractivity contribution in [1.82, 2.24) is 14.8 Å². The highest BCUT2D eigenvalue weighted by molar-refractivity contribution is 6.04. The van der Waals surface area contributed by atoms with Crippen molar-refractivity contribution < 1.29 is 19.2 Å². The Morgan fingerprint density at radius 1 is 1.08 bits per heavy atom. The van der Waals surface area contributed by atoms with E-state index in [1.54, 1.807) is 30.0 Å². The highest BCUT2D eigenvalue weighted by Crippen LogP contribution is 2.28. The van der Waals surface area contributed by atoms with Crippen LogP contribution in [0.2, 0.25) is 0 Å². The van der Waals surface area contributed by atoms with Gasteiger partial charge in [-0.05, 0) is 48.4 Å². The van der Waals surface area contributed by atoms with Gasteiger partial charge in [0, 0.05) is 28.9 Å². The molecule has 0 aliphatic rings. The Morgan fingerprint density at radius 2 is 1.83 bits per heavy atom. The Balaban J connectivity index is 1.65. The van der Waals surface area contributed by atoms with Crippen LogP contribution in [0.4, 0.5) is 11.4 Å². The van der Waals surface area contributed by atoms with Gasteiger partial charge in [0.2, 0.25) is 0 Å². The van der Waals surface area contributed by atoms with Gasteiger partial charge in [-0.2, -0.15) is 4.98 Å². The number of non-ortho nitro benzene ring substituents is 1. The van der Waals surface area contributed by atoms with Crippen molar-refractivity contribution in [2.75, 3.05) is 19.0 Å². The zero-order valence-corrected chi connectivity index (χ0v) is 20.0. The number of nitro groups is 1. The van der Waals surface area contributed by atoms with Crippen LogP contribution in [0.5, 0.6) is 11.8 Å². The van der Waals surface area contributed by atoms with E-state index in [1.807, 2.05) is 44.2 Å². The lowest BCUT2D eigenvalue weighted by Gasteiger charge is -2.10. The van der Waals surface area contributed by atoms with Gasteiger partial charge in [-0.1, -0.05) is 32.0 Å². The van der Waals surface area contributed by atoms with Gasteiger partial charge in [-0.3, -0.25) is 14.9 Å².